The number of nitrogens with one attached hydrogen (secondary N) is 1. The second-order valence-corrected chi connectivity index (χ2v) is 4.50. The molecule has 1 atom stereocenters. The molecule has 0 spiro atoms. The minimum Gasteiger partial charge on any atom is -0.355 e. The van der Waals surface area contributed by atoms with Gasteiger partial charge in [0.15, 0.2) is 0 Å². The predicted molar refractivity (Wildman–Crippen MR) is 57.4 cm³/mol. The lowest BCUT2D eigenvalue weighted by Crippen LogP contribution is -2.35. The quantitative estimate of drug-likeness (QED) is 0.796. The highest BCUT2D eigenvalue weighted by atomic mass is 79.9. The van der Waals surface area contributed by atoms with Gasteiger partial charge in [0.2, 0.25) is 5.91 Å². The van der Waals surface area contributed by atoms with Crippen LogP contribution in [0.3, 0.4) is 0 Å². The van der Waals surface area contributed by atoms with Gasteiger partial charge in [0.1, 0.15) is 0 Å². The minimum absolute atomic E-state index is 0.130. The van der Waals surface area contributed by atoms with E-state index in [4.69, 9.17) is 0 Å². The molecule has 0 saturated carbocycles. The molecule has 0 aliphatic carbocycles. The predicted octanol–water partition coefficient (Wildman–Crippen LogP) is 1.38. The first-order valence-corrected chi connectivity index (χ1v) is 6.14. The lowest BCUT2D eigenvalue weighted by molar-refractivity contribution is -0.143. The van der Waals surface area contributed by atoms with Crippen molar-refractivity contribution in [3.63, 3.8) is 0 Å². The first-order chi connectivity index (χ1) is 7.40. The van der Waals surface area contributed by atoms with Crippen LogP contribution in [-0.4, -0.2) is 48.5 Å². The normalized spacial score (nSPS) is 22.4. The molecule has 1 heterocycles. The number of carbonyl (C=O) groups excluding carboxylic acids is 1. The summed E-state index contributed by atoms with van der Waals surface area (Å²) < 4.78 is 36.3. The zero-order valence-corrected chi connectivity index (χ0v) is 10.3. The lowest BCUT2D eigenvalue weighted by Gasteiger charge is -2.17. The van der Waals surface area contributed by atoms with E-state index in [1.54, 1.807) is 0 Å². The maximum atomic E-state index is 12.1. The molecule has 1 saturated heterocycles. The highest BCUT2D eigenvalue weighted by molar-refractivity contribution is 9.09. The Labute approximate surface area is 100 Å². The Kier molecular flexibility index (Phi) is 5.04. The molecule has 1 unspecified atom stereocenters. The van der Waals surface area contributed by atoms with Crippen molar-refractivity contribution in [1.82, 2.24) is 10.2 Å². The highest BCUT2D eigenvalue weighted by Crippen LogP contribution is 2.22. The fraction of sp³-hybridized carbons (Fsp3) is 0.889. The molecule has 94 valence electrons. The number of likely N-dealkylation sites (tertiary alicyclic amines) is 1. The Hall–Kier alpha value is -0.300. The molecule has 1 amide bonds. The maximum absolute atomic E-state index is 12.1. The summed E-state index contributed by atoms with van der Waals surface area (Å²) in [6.45, 7) is 0.463. The van der Waals surface area contributed by atoms with E-state index in [2.05, 4.69) is 21.2 Å². The average Bonchev–Trinajstić information content (AvgIpc) is 2.59. The van der Waals surface area contributed by atoms with Gasteiger partial charge >= 0.3 is 6.18 Å². The Morgan fingerprint density at radius 3 is 2.75 bits per heavy atom. The number of amides is 1. The number of carbonyl (C=O) groups is 1. The van der Waals surface area contributed by atoms with Crippen molar-refractivity contribution in [3.05, 3.63) is 0 Å². The summed E-state index contributed by atoms with van der Waals surface area (Å²) in [4.78, 5) is 12.3. The fourth-order valence-corrected chi connectivity index (χ4v) is 1.98. The topological polar surface area (TPSA) is 32.3 Å². The Bertz CT molecular complexity index is 247. The third-order valence-corrected chi connectivity index (χ3v) is 2.99. The van der Waals surface area contributed by atoms with Crippen molar-refractivity contribution in [2.24, 2.45) is 5.92 Å². The van der Waals surface area contributed by atoms with Crippen LogP contribution in [0.2, 0.25) is 0 Å². The fourth-order valence-electron chi connectivity index (χ4n) is 1.78. The van der Waals surface area contributed by atoms with E-state index in [0.717, 1.165) is 0 Å². The molecule has 7 heteroatoms. The zero-order chi connectivity index (χ0) is 12.2. The van der Waals surface area contributed by atoms with Gasteiger partial charge in [-0.05, 0) is 18.9 Å². The van der Waals surface area contributed by atoms with Gasteiger partial charge in [0.25, 0.3) is 0 Å². The molecule has 0 radical (unpaired) electrons. The Morgan fingerprint density at radius 1 is 1.50 bits per heavy atom. The van der Waals surface area contributed by atoms with Gasteiger partial charge < -0.3 is 5.32 Å². The Balaban J connectivity index is 2.22. The summed E-state index contributed by atoms with van der Waals surface area (Å²) in [6, 6.07) is 0. The van der Waals surface area contributed by atoms with Crippen LogP contribution in [0.25, 0.3) is 0 Å². The number of halogens is 4. The van der Waals surface area contributed by atoms with Crippen LogP contribution >= 0.6 is 15.9 Å². The molecule has 0 aromatic heterocycles. The summed E-state index contributed by atoms with van der Waals surface area (Å²) in [5.41, 5.74) is 0. The first-order valence-electron chi connectivity index (χ1n) is 5.02. The second kappa shape index (κ2) is 5.86. The van der Waals surface area contributed by atoms with Gasteiger partial charge in [-0.3, -0.25) is 9.69 Å². The first kappa shape index (κ1) is 13.8. The van der Waals surface area contributed by atoms with Crippen molar-refractivity contribution in [1.29, 1.82) is 0 Å². The zero-order valence-electron chi connectivity index (χ0n) is 8.69. The molecule has 1 aliphatic rings. The average molecular weight is 303 g/mol. The molecule has 16 heavy (non-hydrogen) atoms. The van der Waals surface area contributed by atoms with Gasteiger partial charge in [-0.1, -0.05) is 15.9 Å². The summed E-state index contributed by atoms with van der Waals surface area (Å²) in [6.07, 6.45) is -3.42. The van der Waals surface area contributed by atoms with Crippen LogP contribution in [0, 0.1) is 5.92 Å². The monoisotopic (exact) mass is 302 g/mol. The smallest absolute Gasteiger partial charge is 0.355 e. The molecule has 1 fully saturated rings. The van der Waals surface area contributed by atoms with Crippen molar-refractivity contribution in [3.8, 4) is 0 Å². The SMILES string of the molecule is O=C(CBr)NCC1CCN(CC(F)(F)F)C1. The molecule has 1 N–H and O–H groups in total. The van der Waals surface area contributed by atoms with Crippen LogP contribution in [-0.2, 0) is 4.79 Å². The number of hydrogen-bond donors (Lipinski definition) is 1. The summed E-state index contributed by atoms with van der Waals surface area (Å²) >= 11 is 3.00. The van der Waals surface area contributed by atoms with E-state index < -0.39 is 12.7 Å². The van der Waals surface area contributed by atoms with Gasteiger partial charge in [0.05, 0.1) is 11.9 Å². The van der Waals surface area contributed by atoms with E-state index in [0.29, 0.717) is 26.1 Å². The van der Waals surface area contributed by atoms with Crippen LogP contribution < -0.4 is 5.32 Å². The van der Waals surface area contributed by atoms with Crippen LogP contribution in [0.1, 0.15) is 6.42 Å². The van der Waals surface area contributed by atoms with Crippen molar-refractivity contribution in [2.75, 3.05) is 31.5 Å². The van der Waals surface area contributed by atoms with Crippen molar-refractivity contribution >= 4 is 21.8 Å². The molecule has 1 rings (SSSR count). The molecule has 0 aromatic rings. The number of hydrogen-bond acceptors (Lipinski definition) is 2. The molecule has 1 aliphatic heterocycles. The van der Waals surface area contributed by atoms with Gasteiger partial charge in [0, 0.05) is 13.1 Å². The summed E-state index contributed by atoms with van der Waals surface area (Å²) in [7, 11) is 0. The number of rotatable bonds is 4. The van der Waals surface area contributed by atoms with E-state index in [1.165, 1.54) is 4.90 Å². The van der Waals surface area contributed by atoms with Gasteiger partial charge in [-0.2, -0.15) is 13.2 Å². The van der Waals surface area contributed by atoms with Crippen LogP contribution in [0.15, 0.2) is 0 Å². The van der Waals surface area contributed by atoms with Gasteiger partial charge in [-0.25, -0.2) is 0 Å². The second-order valence-electron chi connectivity index (χ2n) is 3.94. The van der Waals surface area contributed by atoms with Gasteiger partial charge in [-0.15, -0.1) is 0 Å². The van der Waals surface area contributed by atoms with Crippen molar-refractivity contribution in [2.45, 2.75) is 12.6 Å². The van der Waals surface area contributed by atoms with E-state index >= 15 is 0 Å². The summed E-state index contributed by atoms with van der Waals surface area (Å²) in [5.74, 6) is -0.000351. The van der Waals surface area contributed by atoms with Crippen LogP contribution in [0.4, 0.5) is 13.2 Å². The highest BCUT2D eigenvalue weighted by Gasteiger charge is 2.34. The third-order valence-electron chi connectivity index (χ3n) is 2.48. The molecule has 0 bridgehead atoms. The molecule has 0 aromatic carbocycles. The van der Waals surface area contributed by atoms with Crippen molar-refractivity contribution < 1.29 is 18.0 Å². The Morgan fingerprint density at radius 2 is 2.19 bits per heavy atom. The third kappa shape index (κ3) is 5.16. The molecular formula is C9H14BrF3N2O. The molecule has 3 nitrogen and oxygen atoms in total. The standard InChI is InChI=1S/C9H14BrF3N2O/c10-3-8(16)14-4-7-1-2-15(5-7)6-9(11,12)13/h7H,1-6H2,(H,14,16). The maximum Gasteiger partial charge on any atom is 0.401 e. The lowest BCUT2D eigenvalue weighted by atomic mass is 10.1. The minimum atomic E-state index is -4.13. The largest absolute Gasteiger partial charge is 0.401 e. The summed E-state index contributed by atoms with van der Waals surface area (Å²) in [5, 5.41) is 2.89. The number of nitrogens with zero attached hydrogens (tertiary/aromatic N) is 1. The number of alkyl halides is 4. The van der Waals surface area contributed by atoms with Crippen LogP contribution in [0.5, 0.6) is 0 Å². The van der Waals surface area contributed by atoms with E-state index in [9.17, 15) is 18.0 Å². The van der Waals surface area contributed by atoms with E-state index in [1.807, 2.05) is 0 Å². The van der Waals surface area contributed by atoms with E-state index in [-0.39, 0.29) is 17.2 Å². The molecular weight excluding hydrogens is 289 g/mol.